The van der Waals surface area contributed by atoms with Crippen molar-refractivity contribution in [2.75, 3.05) is 4.90 Å². The zero-order chi connectivity index (χ0) is 22.2. The summed E-state index contributed by atoms with van der Waals surface area (Å²) in [7, 11) is 0. The molecule has 4 heterocycles. The number of nitrogens with zero attached hydrogens (tertiary/aromatic N) is 4. The highest BCUT2D eigenvalue weighted by Crippen LogP contribution is 2.43. The number of aromatic nitrogens is 3. The number of halogens is 1. The number of hydrogen-bond donors (Lipinski definition) is 1. The molecule has 0 aliphatic carbocycles. The summed E-state index contributed by atoms with van der Waals surface area (Å²) in [6.07, 6.45) is 3.64. The summed E-state index contributed by atoms with van der Waals surface area (Å²) >= 11 is 12.0. The molecule has 0 unspecified atom stereocenters. The molecule has 0 saturated carbocycles. The second-order valence-electron chi connectivity index (χ2n) is 7.82. The Balaban J connectivity index is 1.68. The van der Waals surface area contributed by atoms with E-state index in [-0.39, 0.29) is 12.1 Å². The zero-order valence-electron chi connectivity index (χ0n) is 17.7. The van der Waals surface area contributed by atoms with Gasteiger partial charge in [-0.2, -0.15) is 0 Å². The number of benzene rings is 1. The SMILES string of the molecule is Cc1cc([C@H]2[C@H](c3ccccn3)NC(=S)N2c2ccc(Cl)cc2)c(C)n1-c1ccccn1. The minimum Gasteiger partial charge on any atom is -0.351 e. The maximum absolute atomic E-state index is 6.16. The van der Waals surface area contributed by atoms with Crippen LogP contribution in [-0.4, -0.2) is 19.6 Å². The molecule has 1 saturated heterocycles. The summed E-state index contributed by atoms with van der Waals surface area (Å²) in [5, 5.41) is 4.87. The van der Waals surface area contributed by atoms with Gasteiger partial charge in [0.2, 0.25) is 0 Å². The topological polar surface area (TPSA) is 46.0 Å². The lowest BCUT2D eigenvalue weighted by atomic mass is 9.96. The van der Waals surface area contributed by atoms with E-state index in [0.717, 1.165) is 28.6 Å². The highest BCUT2D eigenvalue weighted by molar-refractivity contribution is 7.80. The van der Waals surface area contributed by atoms with Crippen molar-refractivity contribution in [2.45, 2.75) is 25.9 Å². The standard InChI is InChI=1S/C25H22ClN5S/c1-16-15-20(17(2)30(16)22-8-4-6-14-28-22)24-23(21-7-3-5-13-27-21)29-25(32)31(24)19-11-9-18(26)10-12-19/h3-15,23-24H,1-2H3,(H,29,32)/t23-,24-/m0/s1. The fraction of sp³-hybridized carbons (Fsp3) is 0.160. The van der Waals surface area contributed by atoms with Crippen molar-refractivity contribution in [3.63, 3.8) is 0 Å². The lowest BCUT2D eigenvalue weighted by Crippen LogP contribution is -2.29. The van der Waals surface area contributed by atoms with E-state index in [9.17, 15) is 0 Å². The van der Waals surface area contributed by atoms with Gasteiger partial charge in [-0.05, 0) is 86.2 Å². The molecule has 2 atom stereocenters. The average Bonchev–Trinajstić information content (AvgIpc) is 3.31. The van der Waals surface area contributed by atoms with Crippen LogP contribution in [0.2, 0.25) is 5.02 Å². The lowest BCUT2D eigenvalue weighted by molar-refractivity contribution is 0.565. The fourth-order valence-corrected chi connectivity index (χ4v) is 4.95. The number of rotatable bonds is 4. The Morgan fingerprint density at radius 3 is 2.31 bits per heavy atom. The van der Waals surface area contributed by atoms with Crippen LogP contribution in [0.1, 0.15) is 34.7 Å². The van der Waals surface area contributed by atoms with Gasteiger partial charge in [0.15, 0.2) is 5.11 Å². The van der Waals surface area contributed by atoms with Gasteiger partial charge in [-0.25, -0.2) is 4.98 Å². The van der Waals surface area contributed by atoms with E-state index in [0.29, 0.717) is 10.1 Å². The Bertz CT molecular complexity index is 1260. The van der Waals surface area contributed by atoms with Crippen LogP contribution in [-0.2, 0) is 0 Å². The van der Waals surface area contributed by atoms with E-state index >= 15 is 0 Å². The fourth-order valence-electron chi connectivity index (χ4n) is 4.48. The van der Waals surface area contributed by atoms with E-state index in [1.165, 1.54) is 5.56 Å². The monoisotopic (exact) mass is 459 g/mol. The van der Waals surface area contributed by atoms with E-state index in [4.69, 9.17) is 23.8 Å². The maximum atomic E-state index is 6.16. The minimum absolute atomic E-state index is 0.0813. The van der Waals surface area contributed by atoms with Crippen LogP contribution < -0.4 is 10.2 Å². The van der Waals surface area contributed by atoms with Gasteiger partial charge in [-0.3, -0.25) is 4.98 Å². The minimum atomic E-state index is -0.0999. The number of pyridine rings is 2. The first-order chi connectivity index (χ1) is 15.5. The molecule has 1 aliphatic rings. The molecule has 1 aromatic carbocycles. The van der Waals surface area contributed by atoms with Gasteiger partial charge in [0.05, 0.1) is 17.8 Å². The molecular formula is C25H22ClN5S. The predicted octanol–water partition coefficient (Wildman–Crippen LogP) is 5.71. The van der Waals surface area contributed by atoms with Gasteiger partial charge in [0.1, 0.15) is 5.82 Å². The Morgan fingerprint density at radius 1 is 0.938 bits per heavy atom. The molecule has 0 amide bonds. The molecule has 5 nitrogen and oxygen atoms in total. The first kappa shape index (κ1) is 20.7. The molecule has 0 spiro atoms. The number of nitrogens with one attached hydrogen (secondary N) is 1. The summed E-state index contributed by atoms with van der Waals surface area (Å²) < 4.78 is 2.19. The van der Waals surface area contributed by atoms with E-state index in [1.807, 2.05) is 73.1 Å². The highest BCUT2D eigenvalue weighted by atomic mass is 35.5. The average molecular weight is 460 g/mol. The second-order valence-corrected chi connectivity index (χ2v) is 8.65. The van der Waals surface area contributed by atoms with Crippen LogP contribution in [0.3, 0.4) is 0 Å². The molecule has 0 bridgehead atoms. The summed E-state index contributed by atoms with van der Waals surface area (Å²) in [5.41, 5.74) is 5.34. The van der Waals surface area contributed by atoms with Crippen LogP contribution in [0.15, 0.2) is 79.1 Å². The van der Waals surface area contributed by atoms with Crippen molar-refractivity contribution in [2.24, 2.45) is 0 Å². The smallest absolute Gasteiger partial charge is 0.174 e. The largest absolute Gasteiger partial charge is 0.351 e. The zero-order valence-corrected chi connectivity index (χ0v) is 19.3. The first-order valence-corrected chi connectivity index (χ1v) is 11.2. The van der Waals surface area contributed by atoms with Crippen molar-refractivity contribution >= 4 is 34.6 Å². The number of anilines is 1. The Hall–Kier alpha value is -3.22. The number of hydrogen-bond acceptors (Lipinski definition) is 3. The van der Waals surface area contributed by atoms with Crippen LogP contribution in [0.25, 0.3) is 5.82 Å². The number of thiocarbonyl (C=S) groups is 1. The predicted molar refractivity (Wildman–Crippen MR) is 132 cm³/mol. The van der Waals surface area contributed by atoms with E-state index in [1.54, 1.807) is 0 Å². The lowest BCUT2D eigenvalue weighted by Gasteiger charge is -2.28. The third kappa shape index (κ3) is 3.55. The van der Waals surface area contributed by atoms with E-state index < -0.39 is 0 Å². The van der Waals surface area contributed by atoms with Crippen molar-refractivity contribution in [3.8, 4) is 5.82 Å². The molecule has 7 heteroatoms. The summed E-state index contributed by atoms with van der Waals surface area (Å²) in [6, 6.07) is 21.8. The van der Waals surface area contributed by atoms with Gasteiger partial charge < -0.3 is 14.8 Å². The Morgan fingerprint density at radius 2 is 1.66 bits per heavy atom. The Labute approximate surface area is 197 Å². The second kappa shape index (κ2) is 8.37. The van der Waals surface area contributed by atoms with Gasteiger partial charge >= 0.3 is 0 Å². The van der Waals surface area contributed by atoms with Gasteiger partial charge in [0, 0.05) is 34.5 Å². The van der Waals surface area contributed by atoms with Crippen LogP contribution in [0.4, 0.5) is 5.69 Å². The van der Waals surface area contributed by atoms with Gasteiger partial charge in [-0.1, -0.05) is 23.7 Å². The molecule has 1 fully saturated rings. The van der Waals surface area contributed by atoms with Crippen molar-refractivity contribution < 1.29 is 0 Å². The normalized spacial score (nSPS) is 18.1. The first-order valence-electron chi connectivity index (χ1n) is 10.4. The molecule has 32 heavy (non-hydrogen) atoms. The third-order valence-corrected chi connectivity index (χ3v) is 6.44. The molecule has 5 rings (SSSR count). The molecule has 3 aromatic heterocycles. The van der Waals surface area contributed by atoms with Crippen molar-refractivity contribution in [3.05, 3.63) is 107 Å². The number of aryl methyl sites for hydroxylation is 1. The van der Waals surface area contributed by atoms with Crippen molar-refractivity contribution in [1.82, 2.24) is 19.9 Å². The molecule has 1 N–H and O–H groups in total. The maximum Gasteiger partial charge on any atom is 0.174 e. The van der Waals surface area contributed by atoms with Crippen LogP contribution in [0.5, 0.6) is 0 Å². The van der Waals surface area contributed by atoms with Crippen molar-refractivity contribution in [1.29, 1.82) is 0 Å². The third-order valence-electron chi connectivity index (χ3n) is 5.87. The molecule has 1 aliphatic heterocycles. The van der Waals surface area contributed by atoms with Gasteiger partial charge in [-0.15, -0.1) is 0 Å². The van der Waals surface area contributed by atoms with Crippen LogP contribution >= 0.6 is 23.8 Å². The molecular weight excluding hydrogens is 438 g/mol. The van der Waals surface area contributed by atoms with Crippen LogP contribution in [0, 0.1) is 13.8 Å². The van der Waals surface area contributed by atoms with E-state index in [2.05, 4.69) is 44.7 Å². The summed E-state index contributed by atoms with van der Waals surface area (Å²) in [4.78, 5) is 11.4. The summed E-state index contributed by atoms with van der Waals surface area (Å²) in [5.74, 6) is 0.898. The highest BCUT2D eigenvalue weighted by Gasteiger charge is 2.42. The quantitative estimate of drug-likeness (QED) is 0.396. The summed E-state index contributed by atoms with van der Waals surface area (Å²) in [6.45, 7) is 4.24. The molecule has 0 radical (unpaired) electrons. The Kier molecular flexibility index (Phi) is 5.41. The molecule has 160 valence electrons. The molecule has 4 aromatic rings. The van der Waals surface area contributed by atoms with Gasteiger partial charge in [0.25, 0.3) is 0 Å².